The molecule has 0 atom stereocenters. The van der Waals surface area contributed by atoms with Gasteiger partial charge in [0, 0.05) is 21.2 Å². The number of halogens is 1. The second-order valence-corrected chi connectivity index (χ2v) is 9.15. The molecule has 0 spiro atoms. The van der Waals surface area contributed by atoms with Gasteiger partial charge in [-0.2, -0.15) is 0 Å². The largest absolute Gasteiger partial charge is 0.454 e. The average molecular weight is 544 g/mol. The first kappa shape index (κ1) is 22.1. The quantitative estimate of drug-likeness (QED) is 0.328. The van der Waals surface area contributed by atoms with Crippen LogP contribution in [0.5, 0.6) is 11.5 Å². The predicted molar refractivity (Wildman–Crippen MR) is 139 cm³/mol. The minimum Gasteiger partial charge on any atom is -0.454 e. The number of nitrogens with one attached hydrogen (secondary N) is 2. The van der Waals surface area contributed by atoms with Crippen LogP contribution in [0.4, 0.5) is 22.7 Å². The molecule has 0 saturated carbocycles. The molecule has 2 heterocycles. The Morgan fingerprint density at radius 1 is 0.944 bits per heavy atom. The zero-order valence-corrected chi connectivity index (χ0v) is 20.3. The van der Waals surface area contributed by atoms with Crippen LogP contribution in [0.1, 0.15) is 16.8 Å². The summed E-state index contributed by atoms with van der Waals surface area (Å²) in [5, 5.41) is 7.55. The first-order valence-electron chi connectivity index (χ1n) is 11.1. The van der Waals surface area contributed by atoms with Gasteiger partial charge >= 0.3 is 0 Å². The number of amides is 3. The van der Waals surface area contributed by atoms with Crippen molar-refractivity contribution in [2.75, 3.05) is 22.3 Å². The molecule has 36 heavy (non-hydrogen) atoms. The number of hydrogen-bond acceptors (Lipinski definition) is 5. The maximum atomic E-state index is 13.1. The molecule has 2 N–H and O–H groups in total. The summed E-state index contributed by atoms with van der Waals surface area (Å²) < 4.78 is 11.4. The molecule has 2 aliphatic heterocycles. The summed E-state index contributed by atoms with van der Waals surface area (Å²) in [5.74, 6) is -0.188. The van der Waals surface area contributed by atoms with Crippen LogP contribution < -0.4 is 25.0 Å². The van der Waals surface area contributed by atoms with Gasteiger partial charge in [-0.1, -0.05) is 30.3 Å². The topological polar surface area (TPSA) is 97.0 Å². The molecule has 4 aromatic carbocycles. The maximum absolute atomic E-state index is 13.1. The van der Waals surface area contributed by atoms with E-state index in [1.807, 2.05) is 36.4 Å². The Balaban J connectivity index is 1.33. The molecular weight excluding hydrogens is 526 g/mol. The fraction of sp³-hybridized carbons (Fsp3) is 0.0741. The highest BCUT2D eigenvalue weighted by molar-refractivity contribution is 9.10. The normalized spacial score (nSPS) is 14.3. The summed E-state index contributed by atoms with van der Waals surface area (Å²) in [6, 6.07) is 21.7. The lowest BCUT2D eigenvalue weighted by Crippen LogP contribution is -2.26. The summed E-state index contributed by atoms with van der Waals surface area (Å²) in [6.45, 7) is 0.0543. The number of carbonyl (C=O) groups excluding carboxylic acids is 3. The van der Waals surface area contributed by atoms with Crippen LogP contribution in [0.3, 0.4) is 0 Å². The highest BCUT2D eigenvalue weighted by Gasteiger charge is 2.29. The Kier molecular flexibility index (Phi) is 5.34. The van der Waals surface area contributed by atoms with Crippen LogP contribution in [-0.4, -0.2) is 24.5 Å². The number of carbonyl (C=O) groups is 3. The maximum Gasteiger partial charge on any atom is 0.260 e. The lowest BCUT2D eigenvalue weighted by molar-refractivity contribution is -0.124. The number of benzene rings is 4. The van der Waals surface area contributed by atoms with Crippen molar-refractivity contribution in [1.29, 1.82) is 0 Å². The summed E-state index contributed by atoms with van der Waals surface area (Å²) in [4.78, 5) is 40.1. The molecule has 0 aromatic heterocycles. The van der Waals surface area contributed by atoms with Crippen LogP contribution in [0.2, 0.25) is 0 Å². The van der Waals surface area contributed by atoms with E-state index in [1.54, 1.807) is 36.4 Å². The SMILES string of the molecule is O=C1CC(=O)N(c2ccc(NC(=O)c3c(Br)ccc4c3OCO4)cc2)c2ccc3ccccc3c2N1. The van der Waals surface area contributed by atoms with Crippen LogP contribution in [0.15, 0.2) is 77.3 Å². The molecule has 6 rings (SSSR count). The van der Waals surface area contributed by atoms with E-state index in [4.69, 9.17) is 9.47 Å². The van der Waals surface area contributed by atoms with Crippen molar-refractivity contribution < 1.29 is 23.9 Å². The summed E-state index contributed by atoms with van der Waals surface area (Å²) >= 11 is 3.40. The van der Waals surface area contributed by atoms with Crippen molar-refractivity contribution in [2.45, 2.75) is 6.42 Å². The zero-order chi connectivity index (χ0) is 24.8. The standard InChI is InChI=1S/C27H18BrN3O5/c28-19-10-12-21-26(36-14-35-21)24(19)27(34)29-16-6-8-17(9-7-16)31-20-11-5-15-3-1-2-4-18(15)25(20)30-22(32)13-23(31)33/h1-12H,13-14H2,(H,29,34)(H,30,32). The molecule has 4 aromatic rings. The molecule has 3 amide bonds. The Labute approximate surface area is 213 Å². The molecule has 0 unspecified atom stereocenters. The van der Waals surface area contributed by atoms with Gasteiger partial charge in [0.2, 0.25) is 18.6 Å². The van der Waals surface area contributed by atoms with Crippen molar-refractivity contribution in [3.63, 3.8) is 0 Å². The molecule has 9 heteroatoms. The van der Waals surface area contributed by atoms with Gasteiger partial charge in [-0.25, -0.2) is 0 Å². The number of anilines is 4. The molecule has 0 fully saturated rings. The van der Waals surface area contributed by atoms with E-state index in [1.165, 1.54) is 4.90 Å². The summed E-state index contributed by atoms with van der Waals surface area (Å²) in [6.07, 6.45) is -0.281. The predicted octanol–water partition coefficient (Wildman–Crippen LogP) is 5.59. The van der Waals surface area contributed by atoms with Crippen LogP contribution in [0.25, 0.3) is 10.8 Å². The van der Waals surface area contributed by atoms with Crippen LogP contribution >= 0.6 is 15.9 Å². The van der Waals surface area contributed by atoms with E-state index in [0.717, 1.165) is 10.8 Å². The van der Waals surface area contributed by atoms with Gasteiger partial charge in [0.05, 0.1) is 16.9 Å². The van der Waals surface area contributed by atoms with E-state index in [-0.39, 0.29) is 30.9 Å². The molecular formula is C27H18BrN3O5. The average Bonchev–Trinajstić information content (AvgIpc) is 3.29. The summed E-state index contributed by atoms with van der Waals surface area (Å²) in [5.41, 5.74) is 2.61. The van der Waals surface area contributed by atoms with Gasteiger partial charge in [0.1, 0.15) is 6.42 Å². The number of hydrogen-bond donors (Lipinski definition) is 2. The first-order valence-corrected chi connectivity index (χ1v) is 11.9. The Bertz CT molecular complexity index is 1570. The van der Waals surface area contributed by atoms with Gasteiger partial charge in [0.15, 0.2) is 11.5 Å². The van der Waals surface area contributed by atoms with E-state index < -0.39 is 0 Å². The van der Waals surface area contributed by atoms with Crippen molar-refractivity contribution in [1.82, 2.24) is 0 Å². The Morgan fingerprint density at radius 2 is 1.75 bits per heavy atom. The van der Waals surface area contributed by atoms with Crippen LogP contribution in [-0.2, 0) is 9.59 Å². The van der Waals surface area contributed by atoms with Crippen molar-refractivity contribution >= 4 is 67.2 Å². The molecule has 8 nitrogen and oxygen atoms in total. The second-order valence-electron chi connectivity index (χ2n) is 8.29. The third-order valence-corrected chi connectivity index (χ3v) is 6.73. The third-order valence-electron chi connectivity index (χ3n) is 6.07. The molecule has 178 valence electrons. The van der Waals surface area contributed by atoms with Crippen molar-refractivity contribution in [2.24, 2.45) is 0 Å². The van der Waals surface area contributed by atoms with Crippen LogP contribution in [0, 0.1) is 0 Å². The highest BCUT2D eigenvalue weighted by Crippen LogP contribution is 2.41. The van der Waals surface area contributed by atoms with Gasteiger partial charge in [-0.15, -0.1) is 0 Å². The monoisotopic (exact) mass is 543 g/mol. The highest BCUT2D eigenvalue weighted by atomic mass is 79.9. The van der Waals surface area contributed by atoms with Gasteiger partial charge in [-0.3, -0.25) is 19.3 Å². The number of rotatable bonds is 3. The Morgan fingerprint density at radius 3 is 2.58 bits per heavy atom. The molecule has 0 aliphatic carbocycles. The van der Waals surface area contributed by atoms with E-state index in [9.17, 15) is 14.4 Å². The lowest BCUT2D eigenvalue weighted by Gasteiger charge is -2.23. The van der Waals surface area contributed by atoms with E-state index >= 15 is 0 Å². The lowest BCUT2D eigenvalue weighted by atomic mass is 10.1. The fourth-order valence-corrected chi connectivity index (χ4v) is 4.93. The Hall–Kier alpha value is -4.37. The van der Waals surface area contributed by atoms with E-state index in [0.29, 0.717) is 44.3 Å². The molecule has 0 radical (unpaired) electrons. The minimum atomic E-state index is -0.366. The molecule has 2 aliphatic rings. The van der Waals surface area contributed by atoms with Gasteiger partial charge in [-0.05, 0) is 63.8 Å². The van der Waals surface area contributed by atoms with Gasteiger partial charge < -0.3 is 20.1 Å². The molecule has 0 saturated heterocycles. The van der Waals surface area contributed by atoms with Crippen molar-refractivity contribution in [3.05, 3.63) is 82.8 Å². The number of fused-ring (bicyclic) bond motifs is 4. The number of ether oxygens (including phenoxy) is 2. The third kappa shape index (κ3) is 3.74. The second kappa shape index (κ2) is 8.69. The van der Waals surface area contributed by atoms with Crippen molar-refractivity contribution in [3.8, 4) is 11.5 Å². The fourth-order valence-electron chi connectivity index (χ4n) is 4.44. The smallest absolute Gasteiger partial charge is 0.260 e. The number of nitrogens with zero attached hydrogens (tertiary/aromatic N) is 1. The first-order chi connectivity index (χ1) is 17.5. The molecule has 0 bridgehead atoms. The zero-order valence-electron chi connectivity index (χ0n) is 18.7. The van der Waals surface area contributed by atoms with Gasteiger partial charge in [0.25, 0.3) is 5.91 Å². The van der Waals surface area contributed by atoms with E-state index in [2.05, 4.69) is 26.6 Å². The minimum absolute atomic E-state index is 0.0543. The summed E-state index contributed by atoms with van der Waals surface area (Å²) in [7, 11) is 0.